The number of aromatic nitrogens is 2. The van der Waals surface area contributed by atoms with E-state index in [0.29, 0.717) is 12.1 Å². The minimum Gasteiger partial charge on any atom is -0.340 e. The highest BCUT2D eigenvalue weighted by Crippen LogP contribution is 2.33. The monoisotopic (exact) mass is 275 g/mol. The van der Waals surface area contributed by atoms with Gasteiger partial charge in [-0.05, 0) is 17.7 Å². The molecule has 0 aliphatic heterocycles. The Bertz CT molecular complexity index is 594. The van der Waals surface area contributed by atoms with Crippen molar-refractivity contribution >= 4 is 0 Å². The third-order valence-electron chi connectivity index (χ3n) is 2.48. The van der Waals surface area contributed by atoms with Crippen molar-refractivity contribution in [3.05, 3.63) is 46.9 Å². The van der Waals surface area contributed by atoms with Gasteiger partial charge in [0.15, 0.2) is 5.82 Å². The summed E-state index contributed by atoms with van der Waals surface area (Å²) in [4.78, 5) is 3.82. The van der Waals surface area contributed by atoms with E-state index in [2.05, 4.69) is 10.1 Å². The molecule has 0 spiro atoms. The van der Waals surface area contributed by atoms with Crippen LogP contribution in [0.25, 0.3) is 0 Å². The average Bonchev–Trinajstić information content (AvgIpc) is 2.74. The molecule has 2 N–H and O–H groups in total. The summed E-state index contributed by atoms with van der Waals surface area (Å²) in [6.07, 6.45) is -4.78. The first-order valence-corrected chi connectivity index (χ1v) is 5.21. The Kier molecular flexibility index (Phi) is 3.27. The zero-order valence-corrected chi connectivity index (χ0v) is 9.70. The van der Waals surface area contributed by atoms with Crippen LogP contribution in [0.4, 0.5) is 17.6 Å². The summed E-state index contributed by atoms with van der Waals surface area (Å²) in [5.74, 6) is -1.08. The highest BCUT2D eigenvalue weighted by molar-refractivity contribution is 5.31. The van der Waals surface area contributed by atoms with E-state index in [1.807, 2.05) is 0 Å². The van der Waals surface area contributed by atoms with E-state index in [1.54, 1.807) is 0 Å². The minimum absolute atomic E-state index is 0.0391. The molecule has 1 aromatic carbocycles. The molecule has 0 saturated carbocycles. The molecule has 0 aliphatic rings. The third kappa shape index (κ3) is 2.73. The van der Waals surface area contributed by atoms with Crippen LogP contribution in [0.5, 0.6) is 0 Å². The van der Waals surface area contributed by atoms with Gasteiger partial charge in [0.25, 0.3) is 0 Å². The van der Waals surface area contributed by atoms with Crippen molar-refractivity contribution < 1.29 is 22.1 Å². The highest BCUT2D eigenvalue weighted by atomic mass is 19.4. The lowest BCUT2D eigenvalue weighted by molar-refractivity contribution is -0.140. The van der Waals surface area contributed by atoms with Crippen LogP contribution < -0.4 is 5.73 Å². The third-order valence-corrected chi connectivity index (χ3v) is 2.48. The Morgan fingerprint density at radius 2 is 2.00 bits per heavy atom. The van der Waals surface area contributed by atoms with Gasteiger partial charge in [0.2, 0.25) is 5.89 Å². The number of rotatable bonds is 2. The van der Waals surface area contributed by atoms with E-state index in [1.165, 1.54) is 6.92 Å². The Morgan fingerprint density at radius 3 is 2.53 bits per heavy atom. The lowest BCUT2D eigenvalue weighted by Crippen LogP contribution is -2.16. The number of halogens is 4. The van der Waals surface area contributed by atoms with E-state index in [9.17, 15) is 17.6 Å². The summed E-state index contributed by atoms with van der Waals surface area (Å²) in [6, 6.07) is 1.50. The quantitative estimate of drug-likeness (QED) is 0.855. The molecule has 102 valence electrons. The first-order chi connectivity index (χ1) is 8.79. The molecular weight excluding hydrogens is 266 g/mol. The fourth-order valence-electron chi connectivity index (χ4n) is 1.54. The Balaban J connectivity index is 2.41. The van der Waals surface area contributed by atoms with Crippen molar-refractivity contribution in [2.45, 2.75) is 19.1 Å². The lowest BCUT2D eigenvalue weighted by Gasteiger charge is -2.12. The van der Waals surface area contributed by atoms with Crippen molar-refractivity contribution in [2.75, 3.05) is 0 Å². The van der Waals surface area contributed by atoms with Gasteiger partial charge in [0, 0.05) is 6.92 Å². The van der Waals surface area contributed by atoms with E-state index in [-0.39, 0.29) is 17.3 Å². The average molecular weight is 275 g/mol. The van der Waals surface area contributed by atoms with Crippen molar-refractivity contribution in [2.24, 2.45) is 5.73 Å². The molecule has 0 aliphatic carbocycles. The molecule has 2 rings (SSSR count). The topological polar surface area (TPSA) is 64.9 Å². The number of hydrogen-bond donors (Lipinski definition) is 1. The van der Waals surface area contributed by atoms with Gasteiger partial charge >= 0.3 is 6.18 Å². The molecule has 0 radical (unpaired) electrons. The number of alkyl halides is 3. The zero-order chi connectivity index (χ0) is 14.2. The molecule has 8 heteroatoms. The standard InChI is InChI=1S/C11H9F4N3O/c1-5-17-10(18-19-5)9(16)6-2-3-8(12)7(4-6)11(13,14)15/h2-4,9H,16H2,1H3. The fourth-order valence-corrected chi connectivity index (χ4v) is 1.54. The summed E-state index contributed by atoms with van der Waals surface area (Å²) in [5.41, 5.74) is 4.39. The smallest absolute Gasteiger partial charge is 0.340 e. The van der Waals surface area contributed by atoms with Crippen molar-refractivity contribution in [1.82, 2.24) is 10.1 Å². The van der Waals surface area contributed by atoms with E-state index >= 15 is 0 Å². The SMILES string of the molecule is Cc1nc(C(N)c2ccc(F)c(C(F)(F)F)c2)no1. The molecule has 1 unspecified atom stereocenters. The molecule has 0 fully saturated rings. The lowest BCUT2D eigenvalue weighted by atomic mass is 10.0. The van der Waals surface area contributed by atoms with Gasteiger partial charge in [-0.1, -0.05) is 11.2 Å². The van der Waals surface area contributed by atoms with E-state index in [0.717, 1.165) is 6.07 Å². The number of hydrogen-bond acceptors (Lipinski definition) is 4. The number of nitrogens with zero attached hydrogens (tertiary/aromatic N) is 2. The van der Waals surface area contributed by atoms with Crippen molar-refractivity contribution in [1.29, 1.82) is 0 Å². The molecule has 1 atom stereocenters. The molecule has 2 aromatic rings. The maximum atomic E-state index is 13.1. The zero-order valence-electron chi connectivity index (χ0n) is 9.70. The summed E-state index contributed by atoms with van der Waals surface area (Å²) in [5, 5.41) is 3.52. The van der Waals surface area contributed by atoms with E-state index < -0.39 is 23.6 Å². The predicted octanol–water partition coefficient (Wildman–Crippen LogP) is 2.58. The largest absolute Gasteiger partial charge is 0.419 e. The van der Waals surface area contributed by atoms with Gasteiger partial charge in [-0.25, -0.2) is 4.39 Å². The Labute approximate surface area is 105 Å². The summed E-state index contributed by atoms with van der Waals surface area (Å²) >= 11 is 0. The summed E-state index contributed by atoms with van der Waals surface area (Å²) in [7, 11) is 0. The van der Waals surface area contributed by atoms with Gasteiger partial charge in [-0.15, -0.1) is 0 Å². The molecule has 19 heavy (non-hydrogen) atoms. The summed E-state index contributed by atoms with van der Waals surface area (Å²) < 4.78 is 55.5. The number of benzene rings is 1. The molecule has 1 aromatic heterocycles. The molecule has 0 bridgehead atoms. The normalized spacial score (nSPS) is 13.6. The summed E-state index contributed by atoms with van der Waals surface area (Å²) in [6.45, 7) is 1.52. The van der Waals surface area contributed by atoms with Gasteiger partial charge in [-0.2, -0.15) is 18.2 Å². The van der Waals surface area contributed by atoms with Crippen LogP contribution in [0.2, 0.25) is 0 Å². The molecule has 4 nitrogen and oxygen atoms in total. The van der Waals surface area contributed by atoms with Crippen molar-refractivity contribution in [3.8, 4) is 0 Å². The van der Waals surface area contributed by atoms with Crippen LogP contribution in [0.3, 0.4) is 0 Å². The first-order valence-electron chi connectivity index (χ1n) is 5.21. The van der Waals surface area contributed by atoms with Gasteiger partial charge < -0.3 is 10.3 Å². The van der Waals surface area contributed by atoms with Gasteiger partial charge in [0.05, 0.1) is 11.6 Å². The highest BCUT2D eigenvalue weighted by Gasteiger charge is 2.34. The molecule has 0 amide bonds. The fraction of sp³-hybridized carbons (Fsp3) is 0.273. The maximum absolute atomic E-state index is 13.1. The van der Waals surface area contributed by atoms with Crippen LogP contribution in [0.1, 0.15) is 28.9 Å². The maximum Gasteiger partial charge on any atom is 0.419 e. The minimum atomic E-state index is -4.78. The molecular formula is C11H9F4N3O. The van der Waals surface area contributed by atoms with Gasteiger partial charge in [-0.3, -0.25) is 0 Å². The molecule has 1 heterocycles. The number of nitrogens with two attached hydrogens (primary N) is 1. The van der Waals surface area contributed by atoms with Crippen molar-refractivity contribution in [3.63, 3.8) is 0 Å². The van der Waals surface area contributed by atoms with Crippen LogP contribution >= 0.6 is 0 Å². The second kappa shape index (κ2) is 4.61. The predicted molar refractivity (Wildman–Crippen MR) is 56.5 cm³/mol. The van der Waals surface area contributed by atoms with Crippen LogP contribution in [0.15, 0.2) is 22.7 Å². The van der Waals surface area contributed by atoms with Crippen LogP contribution in [0, 0.1) is 12.7 Å². The Morgan fingerprint density at radius 1 is 1.32 bits per heavy atom. The second-order valence-electron chi connectivity index (χ2n) is 3.89. The number of aryl methyl sites for hydroxylation is 1. The molecule has 0 saturated heterocycles. The van der Waals surface area contributed by atoms with Gasteiger partial charge in [0.1, 0.15) is 5.82 Å². The van der Waals surface area contributed by atoms with Crippen LogP contribution in [-0.2, 0) is 6.18 Å². The first kappa shape index (κ1) is 13.5. The Hall–Kier alpha value is -1.96. The van der Waals surface area contributed by atoms with Crippen LogP contribution in [-0.4, -0.2) is 10.1 Å². The second-order valence-corrected chi connectivity index (χ2v) is 3.89. The van der Waals surface area contributed by atoms with E-state index in [4.69, 9.17) is 10.3 Å².